The first-order chi connectivity index (χ1) is 9.58. The van der Waals surface area contributed by atoms with Gasteiger partial charge in [0.15, 0.2) is 0 Å². The average molecular weight is 341 g/mol. The number of carbonyl (C=O) groups excluding carboxylic acids is 1. The molecule has 2 rings (SSSR count). The van der Waals surface area contributed by atoms with Crippen LogP contribution in [0.25, 0.3) is 0 Å². The molecule has 0 amide bonds. The molecule has 0 saturated carbocycles. The summed E-state index contributed by atoms with van der Waals surface area (Å²) >= 11 is 3.34. The number of ether oxygens (including phenoxy) is 2. The molecule has 0 spiro atoms. The van der Waals surface area contributed by atoms with Gasteiger partial charge in [0.25, 0.3) is 0 Å². The van der Waals surface area contributed by atoms with Gasteiger partial charge < -0.3 is 19.7 Å². The Labute approximate surface area is 124 Å². The second kappa shape index (κ2) is 6.42. The SMILES string of the molecule is Cc1noc(N)c1C(=O)OCCOc1cccc(Br)c1. The van der Waals surface area contributed by atoms with Gasteiger partial charge in [-0.15, -0.1) is 0 Å². The van der Waals surface area contributed by atoms with E-state index in [1.807, 2.05) is 24.3 Å². The van der Waals surface area contributed by atoms with Crippen LogP contribution >= 0.6 is 15.9 Å². The average Bonchev–Trinajstić information content (AvgIpc) is 2.74. The Hall–Kier alpha value is -2.02. The van der Waals surface area contributed by atoms with Gasteiger partial charge >= 0.3 is 5.97 Å². The summed E-state index contributed by atoms with van der Waals surface area (Å²) in [5.41, 5.74) is 6.05. The third-order valence-electron chi connectivity index (χ3n) is 2.47. The molecule has 0 bridgehead atoms. The zero-order valence-electron chi connectivity index (χ0n) is 10.8. The Morgan fingerprint density at radius 1 is 1.45 bits per heavy atom. The van der Waals surface area contributed by atoms with Crippen LogP contribution in [0, 0.1) is 6.92 Å². The maximum atomic E-state index is 11.7. The van der Waals surface area contributed by atoms with Crippen molar-refractivity contribution in [3.8, 4) is 5.75 Å². The molecule has 2 N–H and O–H groups in total. The molecule has 1 aromatic heterocycles. The van der Waals surface area contributed by atoms with Crippen molar-refractivity contribution in [3.63, 3.8) is 0 Å². The molecule has 106 valence electrons. The summed E-state index contributed by atoms with van der Waals surface area (Å²) in [6.07, 6.45) is 0. The van der Waals surface area contributed by atoms with Gasteiger partial charge in [-0.05, 0) is 25.1 Å². The monoisotopic (exact) mass is 340 g/mol. The molecule has 1 aromatic carbocycles. The third kappa shape index (κ3) is 3.51. The lowest BCUT2D eigenvalue weighted by Gasteiger charge is -2.07. The summed E-state index contributed by atoms with van der Waals surface area (Å²) in [7, 11) is 0. The molecule has 0 aliphatic heterocycles. The minimum Gasteiger partial charge on any atom is -0.490 e. The first kappa shape index (κ1) is 14.4. The number of halogens is 1. The molecule has 2 aromatic rings. The van der Waals surface area contributed by atoms with E-state index in [2.05, 4.69) is 21.1 Å². The van der Waals surface area contributed by atoms with Gasteiger partial charge in [0.2, 0.25) is 5.88 Å². The number of aryl methyl sites for hydroxylation is 1. The van der Waals surface area contributed by atoms with Crippen molar-refractivity contribution in [2.45, 2.75) is 6.92 Å². The standard InChI is InChI=1S/C13H13BrN2O4/c1-8-11(12(15)20-16-8)13(17)19-6-5-18-10-4-2-3-9(14)7-10/h2-4,7H,5-6,15H2,1H3. The van der Waals surface area contributed by atoms with Gasteiger partial charge in [-0.3, -0.25) is 0 Å². The van der Waals surface area contributed by atoms with Crippen LogP contribution in [0.5, 0.6) is 5.75 Å². The fourth-order valence-corrected chi connectivity index (χ4v) is 1.94. The van der Waals surface area contributed by atoms with Crippen LogP contribution in [0.4, 0.5) is 5.88 Å². The molecule has 0 saturated heterocycles. The Morgan fingerprint density at radius 2 is 2.25 bits per heavy atom. The summed E-state index contributed by atoms with van der Waals surface area (Å²) in [5, 5.41) is 3.59. The number of nitrogens with zero attached hydrogens (tertiary/aromatic N) is 1. The molecule has 0 radical (unpaired) electrons. The minimum atomic E-state index is -0.570. The van der Waals surface area contributed by atoms with Crippen molar-refractivity contribution < 1.29 is 18.8 Å². The van der Waals surface area contributed by atoms with Gasteiger partial charge in [-0.1, -0.05) is 27.2 Å². The molecule has 7 heteroatoms. The summed E-state index contributed by atoms with van der Waals surface area (Å²) in [6.45, 7) is 1.97. The number of benzene rings is 1. The zero-order chi connectivity index (χ0) is 14.5. The molecule has 20 heavy (non-hydrogen) atoms. The highest BCUT2D eigenvalue weighted by Gasteiger charge is 2.19. The number of hydrogen-bond acceptors (Lipinski definition) is 6. The quantitative estimate of drug-likeness (QED) is 0.664. The highest BCUT2D eigenvalue weighted by Crippen LogP contribution is 2.18. The predicted octanol–water partition coefficient (Wildman–Crippen LogP) is 2.56. The van der Waals surface area contributed by atoms with Gasteiger partial charge in [0.05, 0.1) is 5.69 Å². The number of carbonyl (C=O) groups is 1. The Morgan fingerprint density at radius 3 is 2.90 bits per heavy atom. The van der Waals surface area contributed by atoms with Gasteiger partial charge in [-0.2, -0.15) is 0 Å². The Bertz CT molecular complexity index is 593. The number of hydrogen-bond donors (Lipinski definition) is 1. The van der Waals surface area contributed by atoms with E-state index in [1.165, 1.54) is 0 Å². The van der Waals surface area contributed by atoms with Crippen molar-refractivity contribution in [2.24, 2.45) is 0 Å². The molecule has 0 fully saturated rings. The topological polar surface area (TPSA) is 87.6 Å². The fourth-order valence-electron chi connectivity index (χ4n) is 1.56. The highest BCUT2D eigenvalue weighted by molar-refractivity contribution is 9.10. The van der Waals surface area contributed by atoms with Crippen molar-refractivity contribution in [1.29, 1.82) is 0 Å². The maximum absolute atomic E-state index is 11.7. The van der Waals surface area contributed by atoms with E-state index in [9.17, 15) is 4.79 Å². The van der Waals surface area contributed by atoms with E-state index in [0.717, 1.165) is 4.47 Å². The largest absolute Gasteiger partial charge is 0.490 e. The van der Waals surface area contributed by atoms with E-state index in [-0.39, 0.29) is 24.7 Å². The van der Waals surface area contributed by atoms with Crippen molar-refractivity contribution in [3.05, 3.63) is 40.0 Å². The Kier molecular flexibility index (Phi) is 4.62. The molecule has 1 heterocycles. The van der Waals surface area contributed by atoms with E-state index >= 15 is 0 Å². The second-order valence-electron chi connectivity index (χ2n) is 3.95. The lowest BCUT2D eigenvalue weighted by Crippen LogP contribution is -2.13. The fraction of sp³-hybridized carbons (Fsp3) is 0.231. The van der Waals surface area contributed by atoms with Gasteiger partial charge in [-0.25, -0.2) is 4.79 Å². The number of rotatable bonds is 5. The van der Waals surface area contributed by atoms with Crippen molar-refractivity contribution in [2.75, 3.05) is 18.9 Å². The molecule has 0 unspecified atom stereocenters. The summed E-state index contributed by atoms with van der Waals surface area (Å²) < 4.78 is 16.1. The molecule has 0 atom stereocenters. The van der Waals surface area contributed by atoms with E-state index in [4.69, 9.17) is 19.7 Å². The van der Waals surface area contributed by atoms with Gasteiger partial charge in [0, 0.05) is 4.47 Å². The summed E-state index contributed by atoms with van der Waals surface area (Å²) in [6, 6.07) is 7.38. The van der Waals surface area contributed by atoms with Crippen molar-refractivity contribution >= 4 is 27.8 Å². The van der Waals surface area contributed by atoms with Crippen molar-refractivity contribution in [1.82, 2.24) is 5.16 Å². The number of esters is 1. The lowest BCUT2D eigenvalue weighted by atomic mass is 10.2. The number of nitrogen functional groups attached to an aromatic ring is 1. The molecule has 6 nitrogen and oxygen atoms in total. The van der Waals surface area contributed by atoms with Crippen LogP contribution in [0.1, 0.15) is 16.1 Å². The molecular formula is C13H13BrN2O4. The Balaban J connectivity index is 1.80. The van der Waals surface area contributed by atoms with Gasteiger partial charge in [0.1, 0.15) is 24.5 Å². The van der Waals surface area contributed by atoms with E-state index in [0.29, 0.717) is 11.4 Å². The molecule has 0 aliphatic carbocycles. The molecule has 0 aliphatic rings. The summed E-state index contributed by atoms with van der Waals surface area (Å²) in [4.78, 5) is 11.7. The van der Waals surface area contributed by atoms with Crippen LogP contribution in [0.15, 0.2) is 33.3 Å². The third-order valence-corrected chi connectivity index (χ3v) is 2.97. The van der Waals surface area contributed by atoms with Crippen LogP contribution < -0.4 is 10.5 Å². The number of anilines is 1. The van der Waals surface area contributed by atoms with Crippen LogP contribution in [-0.2, 0) is 4.74 Å². The number of nitrogens with two attached hydrogens (primary N) is 1. The number of aromatic nitrogens is 1. The van der Waals surface area contributed by atoms with Crippen LogP contribution in [0.2, 0.25) is 0 Å². The minimum absolute atomic E-state index is 0.0413. The molecular weight excluding hydrogens is 328 g/mol. The maximum Gasteiger partial charge on any atom is 0.345 e. The normalized spacial score (nSPS) is 10.3. The lowest BCUT2D eigenvalue weighted by molar-refractivity contribution is 0.0450. The zero-order valence-corrected chi connectivity index (χ0v) is 12.3. The smallest absolute Gasteiger partial charge is 0.345 e. The summed E-state index contributed by atoms with van der Waals surface area (Å²) in [5.74, 6) is 0.0793. The highest BCUT2D eigenvalue weighted by atomic mass is 79.9. The van der Waals surface area contributed by atoms with E-state index in [1.54, 1.807) is 6.92 Å². The van der Waals surface area contributed by atoms with Crippen LogP contribution in [-0.4, -0.2) is 24.3 Å². The van der Waals surface area contributed by atoms with Crippen LogP contribution in [0.3, 0.4) is 0 Å². The van der Waals surface area contributed by atoms with E-state index < -0.39 is 5.97 Å². The first-order valence-corrected chi connectivity index (χ1v) is 6.64. The first-order valence-electron chi connectivity index (χ1n) is 5.85. The predicted molar refractivity (Wildman–Crippen MR) is 75.6 cm³/mol. The second-order valence-corrected chi connectivity index (χ2v) is 4.86.